The van der Waals surface area contributed by atoms with E-state index in [9.17, 15) is 19.5 Å². The second-order valence-electron chi connectivity index (χ2n) is 7.85. The lowest BCUT2D eigenvalue weighted by Crippen LogP contribution is -2.71. The van der Waals surface area contributed by atoms with E-state index in [4.69, 9.17) is 10.6 Å². The number of carboxylic acid groups (broad SMARTS) is 1. The summed E-state index contributed by atoms with van der Waals surface area (Å²) in [5.74, 6) is -2.19. The summed E-state index contributed by atoms with van der Waals surface area (Å²) in [5, 5.41) is 23.0. The average molecular weight is 562 g/mol. The van der Waals surface area contributed by atoms with Crippen molar-refractivity contribution in [1.82, 2.24) is 29.2 Å². The van der Waals surface area contributed by atoms with Gasteiger partial charge in [0.2, 0.25) is 11.5 Å². The number of hydrogen-bond acceptors (Lipinski definition) is 13. The van der Waals surface area contributed by atoms with Gasteiger partial charge in [0.25, 0.3) is 11.8 Å². The number of carbonyl (C=O) groups is 3. The molecule has 2 amide bonds. The number of β-lactam (4-membered cyclic amide) rings is 1. The molecule has 3 aromatic rings. The predicted molar refractivity (Wildman–Crippen MR) is 132 cm³/mol. The van der Waals surface area contributed by atoms with E-state index in [0.29, 0.717) is 22.1 Å². The molecule has 14 nitrogen and oxygen atoms in total. The number of nitrogen functional groups attached to an aromatic ring is 1. The smallest absolute Gasteiger partial charge is 0.306 e. The van der Waals surface area contributed by atoms with Crippen LogP contribution in [0.15, 0.2) is 46.0 Å². The summed E-state index contributed by atoms with van der Waals surface area (Å²) in [5.41, 5.74) is 6.59. The Morgan fingerprint density at radius 1 is 1.43 bits per heavy atom. The summed E-state index contributed by atoms with van der Waals surface area (Å²) in [4.78, 5) is 47.6. The maximum absolute atomic E-state index is 13.0. The number of carboxylic acids is 1. The number of rotatable bonds is 8. The van der Waals surface area contributed by atoms with Gasteiger partial charge in [0, 0.05) is 29.1 Å². The second-order valence-corrected chi connectivity index (χ2v) is 10.7. The summed E-state index contributed by atoms with van der Waals surface area (Å²) < 4.78 is 7.60. The van der Waals surface area contributed by atoms with Crippen LogP contribution in [-0.2, 0) is 26.3 Å². The number of oxime groups is 1. The zero-order chi connectivity index (χ0) is 26.3. The fourth-order valence-corrected chi connectivity index (χ4v) is 6.66. The van der Waals surface area contributed by atoms with Crippen LogP contribution in [0.3, 0.4) is 0 Å². The number of aryl methyl sites for hydroxylation is 1. The van der Waals surface area contributed by atoms with Crippen molar-refractivity contribution in [3.8, 4) is 0 Å². The summed E-state index contributed by atoms with van der Waals surface area (Å²) in [7, 11) is 3.16. The van der Waals surface area contributed by atoms with Crippen molar-refractivity contribution in [2.45, 2.75) is 16.4 Å². The van der Waals surface area contributed by atoms with Gasteiger partial charge in [-0.25, -0.2) is 4.57 Å². The van der Waals surface area contributed by atoms with Crippen LogP contribution in [0.4, 0.5) is 5.13 Å². The zero-order valence-electron chi connectivity index (χ0n) is 19.4. The van der Waals surface area contributed by atoms with Crippen LogP contribution >= 0.6 is 35.1 Å². The molecule has 3 N–H and O–H groups in total. The Morgan fingerprint density at radius 2 is 2.24 bits per heavy atom. The Morgan fingerprint density at radius 3 is 2.95 bits per heavy atom. The van der Waals surface area contributed by atoms with Crippen molar-refractivity contribution in [2.75, 3.05) is 24.3 Å². The quantitative estimate of drug-likeness (QED) is 0.103. The van der Waals surface area contributed by atoms with E-state index < -0.39 is 29.2 Å². The molecule has 0 saturated carbocycles. The van der Waals surface area contributed by atoms with Crippen LogP contribution in [0.5, 0.6) is 0 Å². The number of aliphatic carboxylic acids is 1. The highest BCUT2D eigenvalue weighted by Crippen LogP contribution is 2.41. The lowest BCUT2D eigenvalue weighted by Gasteiger charge is -2.50. The average Bonchev–Trinajstić information content (AvgIpc) is 3.48. The minimum absolute atomic E-state index is 0.0446. The third-order valence-electron chi connectivity index (χ3n) is 5.58. The first-order chi connectivity index (χ1) is 17.8. The molecule has 0 bridgehead atoms. The normalized spacial score (nSPS) is 19.6. The van der Waals surface area contributed by atoms with Gasteiger partial charge in [0.1, 0.15) is 29.7 Å². The Hall–Kier alpha value is -3.70. The van der Waals surface area contributed by atoms with Gasteiger partial charge in [-0.1, -0.05) is 22.0 Å². The highest BCUT2D eigenvalue weighted by Gasteiger charge is 2.53. The first-order valence-electron chi connectivity index (χ1n) is 10.6. The number of nitrogens with one attached hydrogen (secondary N) is 1. The van der Waals surface area contributed by atoms with Crippen molar-refractivity contribution in [3.63, 3.8) is 0 Å². The molecule has 192 valence electrons. The van der Waals surface area contributed by atoms with Crippen molar-refractivity contribution in [2.24, 2.45) is 12.2 Å². The van der Waals surface area contributed by atoms with Crippen LogP contribution in [0.1, 0.15) is 5.82 Å². The minimum atomic E-state index is -1.45. The van der Waals surface area contributed by atoms with Gasteiger partial charge in [-0.05, 0) is 11.6 Å². The van der Waals surface area contributed by atoms with E-state index in [1.165, 1.54) is 30.6 Å². The Labute approximate surface area is 221 Å². The number of anilines is 1. The van der Waals surface area contributed by atoms with Crippen LogP contribution in [0.2, 0.25) is 0 Å². The second kappa shape index (κ2) is 9.98. The maximum atomic E-state index is 13.0. The molecule has 37 heavy (non-hydrogen) atoms. The van der Waals surface area contributed by atoms with Crippen molar-refractivity contribution in [3.05, 3.63) is 41.6 Å². The zero-order valence-corrected chi connectivity index (χ0v) is 21.8. The number of aromatic nitrogens is 5. The molecule has 3 aromatic heterocycles. The standard InChI is InChI=1S/C20H19N9O5S3/c1-27-5-6-28-11(27)4-3-10(24-28)35-7-9-8-36-18-13(17(31)29(18)14(9)19(32)33)22-16(30)12(25-34-2)15-23-20(21)37-26-15/h3-6,13,18H,7-8H2,1-2H3,(H3-,21,22,23,26,30,32,33)/b25-12-/t13-,18-/m1/s1. The van der Waals surface area contributed by atoms with Crippen LogP contribution in [-0.4, -0.2) is 77.4 Å². The molecule has 0 radical (unpaired) electrons. The van der Waals surface area contributed by atoms with Gasteiger partial charge in [0.15, 0.2) is 11.3 Å². The molecule has 0 aliphatic carbocycles. The number of imidazole rings is 1. The van der Waals surface area contributed by atoms with Crippen molar-refractivity contribution in [1.29, 1.82) is 0 Å². The largest absolute Gasteiger partial charge is 0.543 e. The first-order valence-corrected chi connectivity index (χ1v) is 13.5. The molecule has 0 unspecified atom stereocenters. The predicted octanol–water partition coefficient (Wildman–Crippen LogP) is -1.86. The van der Waals surface area contributed by atoms with Crippen LogP contribution < -0.4 is 20.7 Å². The Balaban J connectivity index is 1.30. The fraction of sp³-hybridized carbons (Fsp3) is 0.300. The van der Waals surface area contributed by atoms with Gasteiger partial charge < -0.3 is 25.8 Å². The Bertz CT molecular complexity index is 1480. The fourth-order valence-electron chi connectivity index (χ4n) is 3.88. The maximum Gasteiger partial charge on any atom is 0.306 e. The van der Waals surface area contributed by atoms with Gasteiger partial charge in [-0.2, -0.15) is 9.36 Å². The lowest BCUT2D eigenvalue weighted by atomic mass is 10.0. The molecule has 5 heterocycles. The number of nitrogens with zero attached hydrogens (tertiary/aromatic N) is 7. The molecule has 17 heteroatoms. The monoisotopic (exact) mass is 561 g/mol. The van der Waals surface area contributed by atoms with Crippen LogP contribution in [0, 0.1) is 0 Å². The van der Waals surface area contributed by atoms with Crippen molar-refractivity contribution >= 4 is 69.3 Å². The molecule has 0 spiro atoms. The molecule has 2 aliphatic heterocycles. The SMILES string of the molecule is CO/N=C(\C(=O)N[C@@H]1C(=O)N2C(C(=O)[O-])=C(CSc3ccc4n(C)cc[n+]4n3)CS[C@H]12)c1nsc(N)n1. The molecule has 1 fully saturated rings. The third-order valence-corrected chi connectivity index (χ3v) is 8.47. The van der Waals surface area contributed by atoms with E-state index in [1.54, 1.807) is 4.52 Å². The number of amides is 2. The Kier molecular flexibility index (Phi) is 6.74. The van der Waals surface area contributed by atoms with Gasteiger partial charge in [-0.3, -0.25) is 14.5 Å². The first kappa shape index (κ1) is 25.0. The summed E-state index contributed by atoms with van der Waals surface area (Å²) in [6.07, 6.45) is 3.70. The van der Waals surface area contributed by atoms with Gasteiger partial charge in [-0.15, -0.1) is 16.3 Å². The summed E-state index contributed by atoms with van der Waals surface area (Å²) >= 11 is 3.57. The number of nitrogens with two attached hydrogens (primary N) is 1. The molecule has 2 atom stereocenters. The van der Waals surface area contributed by atoms with E-state index in [1.807, 2.05) is 36.1 Å². The van der Waals surface area contributed by atoms with Gasteiger partial charge >= 0.3 is 5.65 Å². The molecule has 0 aromatic carbocycles. The number of hydrogen-bond donors (Lipinski definition) is 2. The molecule has 5 rings (SSSR count). The third kappa shape index (κ3) is 4.60. The number of fused-ring (bicyclic) bond motifs is 2. The topological polar surface area (TPSA) is 185 Å². The van der Waals surface area contributed by atoms with Crippen LogP contribution in [0.25, 0.3) is 5.65 Å². The number of carbonyl (C=O) groups excluding carboxylic acids is 3. The van der Waals surface area contributed by atoms with E-state index in [0.717, 1.165) is 22.1 Å². The van der Waals surface area contributed by atoms with Gasteiger partial charge in [0.05, 0.1) is 18.7 Å². The molecular formula is C20H19N9O5S3. The summed E-state index contributed by atoms with van der Waals surface area (Å²) in [6, 6.07) is 2.79. The number of thioether (sulfide) groups is 2. The molecule has 1 saturated heterocycles. The molecular weight excluding hydrogens is 542 g/mol. The van der Waals surface area contributed by atoms with E-state index in [-0.39, 0.29) is 22.4 Å². The van der Waals surface area contributed by atoms with E-state index >= 15 is 0 Å². The highest BCUT2D eigenvalue weighted by molar-refractivity contribution is 8.01. The highest BCUT2D eigenvalue weighted by atomic mass is 32.2. The molecule has 2 aliphatic rings. The summed E-state index contributed by atoms with van der Waals surface area (Å²) in [6.45, 7) is 0. The van der Waals surface area contributed by atoms with E-state index in [2.05, 4.69) is 24.9 Å². The lowest BCUT2D eigenvalue weighted by molar-refractivity contribution is -0.584. The van der Waals surface area contributed by atoms with Crippen molar-refractivity contribution < 1.29 is 28.8 Å². The minimum Gasteiger partial charge on any atom is -0.543 e.